The normalized spacial score (nSPS) is 10.9. The highest BCUT2D eigenvalue weighted by Gasteiger charge is 2.17. The van der Waals surface area contributed by atoms with Crippen molar-refractivity contribution in [3.8, 4) is 11.1 Å². The maximum atomic E-state index is 14.1. The number of aromatic nitrogens is 3. The number of H-pyrrole nitrogens is 1. The Morgan fingerprint density at radius 3 is 2.67 bits per heavy atom. The van der Waals surface area contributed by atoms with Crippen LogP contribution in [-0.4, -0.2) is 21.1 Å². The van der Waals surface area contributed by atoms with Crippen LogP contribution in [0, 0.1) is 17.5 Å². The molecular formula is C19H11F3N4O. The summed E-state index contributed by atoms with van der Waals surface area (Å²) in [6.07, 6.45) is 0.975. The number of nitrogens with zero attached hydrogens (tertiary/aromatic N) is 2. The number of carbonyl (C=O) groups excluding carboxylic acids is 1. The molecule has 0 aliphatic carbocycles. The van der Waals surface area contributed by atoms with E-state index in [-0.39, 0.29) is 17.1 Å². The highest BCUT2D eigenvalue weighted by Crippen LogP contribution is 2.28. The highest BCUT2D eigenvalue weighted by molar-refractivity contribution is 6.11. The van der Waals surface area contributed by atoms with Gasteiger partial charge in [-0.3, -0.25) is 9.89 Å². The molecule has 0 saturated heterocycles. The van der Waals surface area contributed by atoms with Gasteiger partial charge in [0.15, 0.2) is 17.3 Å². The van der Waals surface area contributed by atoms with Gasteiger partial charge in [-0.2, -0.15) is 5.10 Å². The first-order chi connectivity index (χ1) is 13.0. The van der Waals surface area contributed by atoms with E-state index >= 15 is 0 Å². The van der Waals surface area contributed by atoms with Crippen LogP contribution in [0.15, 0.2) is 54.7 Å². The SMILES string of the molecule is O=C(Nc1ccc(F)cn1)c1n[nH]c2ccc(-c3cccc(F)c3F)cc12. The molecule has 4 rings (SSSR count). The van der Waals surface area contributed by atoms with Gasteiger partial charge in [0, 0.05) is 10.9 Å². The third-order valence-corrected chi connectivity index (χ3v) is 4.01. The van der Waals surface area contributed by atoms with Crippen molar-refractivity contribution >= 4 is 22.6 Å². The lowest BCUT2D eigenvalue weighted by molar-refractivity contribution is 0.102. The first-order valence-corrected chi connectivity index (χ1v) is 7.88. The van der Waals surface area contributed by atoms with E-state index < -0.39 is 23.4 Å². The van der Waals surface area contributed by atoms with Crippen molar-refractivity contribution in [3.63, 3.8) is 0 Å². The standard InChI is InChI=1S/C19H11F3N4O/c20-11-5-7-16(23-9-11)24-19(27)18-13-8-10(4-6-15(13)25-26-18)12-2-1-3-14(21)17(12)22/h1-9H,(H,25,26)(H,23,24,27). The number of halogens is 3. The topological polar surface area (TPSA) is 70.7 Å². The molecule has 0 aliphatic rings. The van der Waals surface area contributed by atoms with Crippen LogP contribution in [0.1, 0.15) is 10.5 Å². The molecule has 2 heterocycles. The van der Waals surface area contributed by atoms with Gasteiger partial charge in [-0.25, -0.2) is 18.2 Å². The van der Waals surface area contributed by atoms with Crippen LogP contribution >= 0.6 is 0 Å². The van der Waals surface area contributed by atoms with Crippen molar-refractivity contribution in [2.24, 2.45) is 0 Å². The van der Waals surface area contributed by atoms with E-state index in [9.17, 15) is 18.0 Å². The molecule has 0 atom stereocenters. The van der Waals surface area contributed by atoms with Gasteiger partial charge in [-0.05, 0) is 35.9 Å². The zero-order chi connectivity index (χ0) is 19.0. The second-order valence-electron chi connectivity index (χ2n) is 5.75. The number of carbonyl (C=O) groups is 1. The molecule has 0 radical (unpaired) electrons. The minimum Gasteiger partial charge on any atom is -0.305 e. The number of aromatic amines is 1. The lowest BCUT2D eigenvalue weighted by atomic mass is 10.0. The van der Waals surface area contributed by atoms with Crippen LogP contribution in [0.25, 0.3) is 22.0 Å². The lowest BCUT2D eigenvalue weighted by Crippen LogP contribution is -2.13. The van der Waals surface area contributed by atoms with Gasteiger partial charge in [0.25, 0.3) is 5.91 Å². The highest BCUT2D eigenvalue weighted by atomic mass is 19.2. The van der Waals surface area contributed by atoms with Crippen LogP contribution in [0.2, 0.25) is 0 Å². The maximum Gasteiger partial charge on any atom is 0.277 e. The second kappa shape index (κ2) is 6.56. The smallest absolute Gasteiger partial charge is 0.277 e. The summed E-state index contributed by atoms with van der Waals surface area (Å²) in [7, 11) is 0. The van der Waals surface area contributed by atoms with Crippen LogP contribution < -0.4 is 5.32 Å². The van der Waals surface area contributed by atoms with Gasteiger partial charge in [-0.1, -0.05) is 18.2 Å². The number of hydrogen-bond acceptors (Lipinski definition) is 3. The molecule has 0 unspecified atom stereocenters. The number of hydrogen-bond donors (Lipinski definition) is 2. The molecule has 0 fully saturated rings. The van der Waals surface area contributed by atoms with Gasteiger partial charge in [-0.15, -0.1) is 0 Å². The zero-order valence-electron chi connectivity index (χ0n) is 13.6. The van der Waals surface area contributed by atoms with Crippen molar-refractivity contribution in [1.82, 2.24) is 15.2 Å². The van der Waals surface area contributed by atoms with Crippen molar-refractivity contribution in [2.75, 3.05) is 5.32 Å². The molecule has 134 valence electrons. The van der Waals surface area contributed by atoms with Gasteiger partial charge in [0.2, 0.25) is 0 Å². The Morgan fingerprint density at radius 1 is 1.04 bits per heavy atom. The molecule has 0 spiro atoms. The van der Waals surface area contributed by atoms with Crippen molar-refractivity contribution in [3.05, 3.63) is 77.9 Å². The fraction of sp³-hybridized carbons (Fsp3) is 0. The lowest BCUT2D eigenvalue weighted by Gasteiger charge is -2.05. The number of rotatable bonds is 3. The fourth-order valence-electron chi connectivity index (χ4n) is 2.71. The second-order valence-corrected chi connectivity index (χ2v) is 5.75. The summed E-state index contributed by atoms with van der Waals surface area (Å²) in [6, 6.07) is 11.1. The van der Waals surface area contributed by atoms with Gasteiger partial charge in [0.05, 0.1) is 11.7 Å². The largest absolute Gasteiger partial charge is 0.305 e. The fourth-order valence-corrected chi connectivity index (χ4v) is 2.71. The van der Waals surface area contributed by atoms with Gasteiger partial charge < -0.3 is 5.32 Å². The van der Waals surface area contributed by atoms with Gasteiger partial charge in [0.1, 0.15) is 11.6 Å². The quantitative estimate of drug-likeness (QED) is 0.567. The molecule has 2 aromatic carbocycles. The average molecular weight is 368 g/mol. The first kappa shape index (κ1) is 16.8. The maximum absolute atomic E-state index is 14.1. The van der Waals surface area contributed by atoms with Crippen LogP contribution in [0.5, 0.6) is 0 Å². The minimum atomic E-state index is -0.971. The minimum absolute atomic E-state index is 0.0507. The van der Waals surface area contributed by atoms with E-state index in [4.69, 9.17) is 0 Å². The number of amides is 1. The summed E-state index contributed by atoms with van der Waals surface area (Å²) in [5.74, 6) is -2.87. The molecule has 0 saturated carbocycles. The number of anilines is 1. The van der Waals surface area contributed by atoms with E-state index in [0.29, 0.717) is 16.5 Å². The molecule has 1 amide bonds. The number of nitrogens with one attached hydrogen (secondary N) is 2. The molecule has 5 nitrogen and oxygen atoms in total. The first-order valence-electron chi connectivity index (χ1n) is 7.88. The van der Waals surface area contributed by atoms with Crippen LogP contribution in [0.3, 0.4) is 0 Å². The third kappa shape index (κ3) is 3.12. The molecule has 0 aliphatic heterocycles. The Kier molecular flexibility index (Phi) is 4.08. The Bertz CT molecular complexity index is 1160. The molecule has 27 heavy (non-hydrogen) atoms. The Morgan fingerprint density at radius 2 is 1.89 bits per heavy atom. The Hall–Kier alpha value is -3.68. The molecule has 2 N–H and O–H groups in total. The summed E-state index contributed by atoms with van der Waals surface area (Å²) in [4.78, 5) is 16.2. The molecule has 8 heteroatoms. The van der Waals surface area contributed by atoms with Crippen LogP contribution in [-0.2, 0) is 0 Å². The summed E-state index contributed by atoms with van der Waals surface area (Å²) >= 11 is 0. The van der Waals surface area contributed by atoms with Crippen molar-refractivity contribution in [1.29, 1.82) is 0 Å². The van der Waals surface area contributed by atoms with Crippen molar-refractivity contribution in [2.45, 2.75) is 0 Å². The van der Waals surface area contributed by atoms with Gasteiger partial charge >= 0.3 is 0 Å². The summed E-state index contributed by atoms with van der Waals surface area (Å²) < 4.78 is 40.5. The zero-order valence-corrected chi connectivity index (χ0v) is 13.6. The molecule has 2 aromatic heterocycles. The number of pyridine rings is 1. The van der Waals surface area contributed by atoms with E-state index in [2.05, 4.69) is 20.5 Å². The summed E-state index contributed by atoms with van der Waals surface area (Å²) in [6.45, 7) is 0. The number of fused-ring (bicyclic) bond motifs is 1. The summed E-state index contributed by atoms with van der Waals surface area (Å²) in [5.41, 5.74) is 1.07. The van der Waals surface area contributed by atoms with E-state index in [0.717, 1.165) is 18.3 Å². The third-order valence-electron chi connectivity index (χ3n) is 4.01. The van der Waals surface area contributed by atoms with E-state index in [1.54, 1.807) is 18.2 Å². The van der Waals surface area contributed by atoms with E-state index in [1.165, 1.54) is 18.2 Å². The number of benzene rings is 2. The Balaban J connectivity index is 1.73. The predicted molar refractivity (Wildman–Crippen MR) is 93.6 cm³/mol. The Labute approximate surface area is 150 Å². The molecule has 0 bridgehead atoms. The average Bonchev–Trinajstić information content (AvgIpc) is 3.09. The van der Waals surface area contributed by atoms with Crippen LogP contribution in [0.4, 0.5) is 19.0 Å². The molecular weight excluding hydrogens is 357 g/mol. The monoisotopic (exact) mass is 368 g/mol. The molecule has 4 aromatic rings. The summed E-state index contributed by atoms with van der Waals surface area (Å²) in [5, 5.41) is 9.62. The predicted octanol–water partition coefficient (Wildman–Crippen LogP) is 4.29. The van der Waals surface area contributed by atoms with E-state index in [1.807, 2.05) is 0 Å². The van der Waals surface area contributed by atoms with Crippen molar-refractivity contribution < 1.29 is 18.0 Å².